The summed E-state index contributed by atoms with van der Waals surface area (Å²) in [4.78, 5) is 12.1. The van der Waals surface area contributed by atoms with Gasteiger partial charge in [0.1, 0.15) is 11.5 Å². The van der Waals surface area contributed by atoms with Crippen molar-refractivity contribution >= 4 is 43.2 Å². The molecule has 0 saturated carbocycles. The van der Waals surface area contributed by atoms with Gasteiger partial charge in [0.2, 0.25) is 0 Å². The van der Waals surface area contributed by atoms with Crippen LogP contribution in [0.15, 0.2) is 82.2 Å². The number of nitrogens with one attached hydrogen (secondary N) is 2. The summed E-state index contributed by atoms with van der Waals surface area (Å²) in [5.41, 5.74) is 0.876. The van der Waals surface area contributed by atoms with Crippen molar-refractivity contribution in [3.05, 3.63) is 77.3 Å². The van der Waals surface area contributed by atoms with E-state index in [9.17, 15) is 13.2 Å². The zero-order valence-electron chi connectivity index (χ0n) is 16.0. The first-order chi connectivity index (χ1) is 14.4. The molecule has 7 nitrogen and oxygen atoms in total. The van der Waals surface area contributed by atoms with Crippen LogP contribution in [0.2, 0.25) is 0 Å². The molecule has 9 heteroatoms. The summed E-state index contributed by atoms with van der Waals surface area (Å²) in [7, 11) is -2.23. The second-order valence-corrected chi connectivity index (χ2v) is 8.75. The van der Waals surface area contributed by atoms with Crippen LogP contribution >= 0.6 is 15.9 Å². The molecule has 0 bridgehead atoms. The molecule has 1 amide bonds. The maximum absolute atomic E-state index is 12.5. The second kappa shape index (κ2) is 9.64. The van der Waals surface area contributed by atoms with Gasteiger partial charge in [0.05, 0.1) is 12.0 Å². The van der Waals surface area contributed by atoms with E-state index in [1.807, 2.05) is 12.1 Å². The summed E-state index contributed by atoms with van der Waals surface area (Å²) in [6.45, 7) is -0.166. The quantitative estimate of drug-likeness (QED) is 0.491. The largest absolute Gasteiger partial charge is 0.497 e. The van der Waals surface area contributed by atoms with E-state index in [2.05, 4.69) is 26.0 Å². The molecule has 0 aromatic heterocycles. The number of sulfonamides is 1. The fourth-order valence-corrected chi connectivity index (χ4v) is 3.79. The van der Waals surface area contributed by atoms with Gasteiger partial charge in [-0.1, -0.05) is 15.9 Å². The first-order valence-electron chi connectivity index (χ1n) is 8.81. The Morgan fingerprint density at radius 1 is 0.867 bits per heavy atom. The van der Waals surface area contributed by atoms with Gasteiger partial charge in [0.25, 0.3) is 15.9 Å². The molecule has 30 heavy (non-hydrogen) atoms. The SMILES string of the molecule is COc1ccc(NS(=O)(=O)c2ccc(NC(=O)COc3ccc(Br)cc3)cc2)cc1. The summed E-state index contributed by atoms with van der Waals surface area (Å²) in [5, 5.41) is 2.66. The van der Waals surface area contributed by atoms with Gasteiger partial charge in [0, 0.05) is 15.8 Å². The Balaban J connectivity index is 1.57. The molecule has 2 N–H and O–H groups in total. The highest BCUT2D eigenvalue weighted by molar-refractivity contribution is 9.10. The average molecular weight is 491 g/mol. The standard InChI is InChI=1S/C21H19BrN2O5S/c1-28-18-10-4-17(5-11-18)24-30(26,27)20-12-6-16(7-13-20)23-21(25)14-29-19-8-2-15(22)3-9-19/h2-13,24H,14H2,1H3,(H,23,25). The third-order valence-electron chi connectivity index (χ3n) is 3.97. The van der Waals surface area contributed by atoms with Gasteiger partial charge in [-0.25, -0.2) is 8.42 Å². The number of benzene rings is 3. The van der Waals surface area contributed by atoms with Crippen molar-refractivity contribution in [3.63, 3.8) is 0 Å². The van der Waals surface area contributed by atoms with Crippen molar-refractivity contribution < 1.29 is 22.7 Å². The zero-order valence-corrected chi connectivity index (χ0v) is 18.4. The van der Waals surface area contributed by atoms with Crippen LogP contribution in [0.4, 0.5) is 11.4 Å². The number of hydrogen-bond donors (Lipinski definition) is 2. The highest BCUT2D eigenvalue weighted by Crippen LogP contribution is 2.21. The van der Waals surface area contributed by atoms with E-state index in [0.717, 1.165) is 4.47 Å². The predicted octanol–water partition coefficient (Wildman–Crippen LogP) is 4.28. The predicted molar refractivity (Wildman–Crippen MR) is 119 cm³/mol. The molecule has 3 rings (SSSR count). The maximum Gasteiger partial charge on any atom is 0.262 e. The normalized spacial score (nSPS) is 10.9. The fourth-order valence-electron chi connectivity index (χ4n) is 2.47. The van der Waals surface area contributed by atoms with Crippen molar-refractivity contribution in [1.29, 1.82) is 0 Å². The van der Waals surface area contributed by atoms with Gasteiger partial charge in [0.15, 0.2) is 6.61 Å². The highest BCUT2D eigenvalue weighted by atomic mass is 79.9. The van der Waals surface area contributed by atoms with E-state index in [1.54, 1.807) is 36.4 Å². The lowest BCUT2D eigenvalue weighted by Crippen LogP contribution is -2.20. The number of methoxy groups -OCH3 is 1. The third-order valence-corrected chi connectivity index (χ3v) is 5.90. The first-order valence-corrected chi connectivity index (χ1v) is 11.1. The first kappa shape index (κ1) is 21.7. The molecule has 0 aliphatic carbocycles. The van der Waals surface area contributed by atoms with Gasteiger partial charge >= 0.3 is 0 Å². The summed E-state index contributed by atoms with van der Waals surface area (Å²) >= 11 is 3.33. The van der Waals surface area contributed by atoms with Crippen LogP contribution in [0, 0.1) is 0 Å². The lowest BCUT2D eigenvalue weighted by molar-refractivity contribution is -0.118. The molecule has 0 atom stereocenters. The number of rotatable bonds is 8. The number of carbonyl (C=O) groups excluding carboxylic acids is 1. The lowest BCUT2D eigenvalue weighted by atomic mass is 10.3. The Morgan fingerprint density at radius 2 is 1.43 bits per heavy atom. The maximum atomic E-state index is 12.5. The van der Waals surface area contributed by atoms with Crippen LogP contribution in [-0.2, 0) is 14.8 Å². The number of ether oxygens (including phenoxy) is 2. The van der Waals surface area contributed by atoms with E-state index in [4.69, 9.17) is 9.47 Å². The van der Waals surface area contributed by atoms with Gasteiger partial charge in [-0.15, -0.1) is 0 Å². The molecule has 0 saturated heterocycles. The molecule has 0 radical (unpaired) electrons. The van der Waals surface area contributed by atoms with Crippen LogP contribution in [0.3, 0.4) is 0 Å². The Morgan fingerprint density at radius 3 is 2.03 bits per heavy atom. The molecule has 0 heterocycles. The van der Waals surface area contributed by atoms with E-state index >= 15 is 0 Å². The second-order valence-electron chi connectivity index (χ2n) is 6.15. The molecule has 0 aliphatic heterocycles. The minimum absolute atomic E-state index is 0.0717. The summed E-state index contributed by atoms with van der Waals surface area (Å²) in [5.74, 6) is 0.839. The number of halogens is 1. The Labute approximate surface area is 183 Å². The minimum atomic E-state index is -3.76. The molecule has 0 spiro atoms. The summed E-state index contributed by atoms with van der Waals surface area (Å²) in [6.07, 6.45) is 0. The number of anilines is 2. The highest BCUT2D eigenvalue weighted by Gasteiger charge is 2.14. The molecular formula is C21H19BrN2O5S. The van der Waals surface area contributed by atoms with Crippen LogP contribution in [0.25, 0.3) is 0 Å². The molecule has 3 aromatic carbocycles. The van der Waals surface area contributed by atoms with Crippen LogP contribution in [0.5, 0.6) is 11.5 Å². The third kappa shape index (κ3) is 5.98. The van der Waals surface area contributed by atoms with Gasteiger partial charge in [-0.05, 0) is 72.8 Å². The van der Waals surface area contributed by atoms with Crippen LogP contribution in [-0.4, -0.2) is 28.0 Å². The van der Waals surface area contributed by atoms with Crippen molar-refractivity contribution in [1.82, 2.24) is 0 Å². The number of hydrogen-bond acceptors (Lipinski definition) is 5. The van der Waals surface area contributed by atoms with Gasteiger partial charge in [-0.2, -0.15) is 0 Å². The molecule has 3 aromatic rings. The Bertz CT molecular complexity index is 1100. The summed E-state index contributed by atoms with van der Waals surface area (Å²) in [6, 6.07) is 19.5. The van der Waals surface area contributed by atoms with Crippen LogP contribution < -0.4 is 19.5 Å². The van der Waals surface area contributed by atoms with Crippen molar-refractivity contribution in [2.24, 2.45) is 0 Å². The summed E-state index contributed by atoms with van der Waals surface area (Å²) < 4.78 is 38.9. The number of carbonyl (C=O) groups is 1. The molecular weight excluding hydrogens is 472 g/mol. The number of amides is 1. The minimum Gasteiger partial charge on any atom is -0.497 e. The van der Waals surface area contributed by atoms with Gasteiger partial charge in [-0.3, -0.25) is 9.52 Å². The molecule has 0 aliphatic rings. The van der Waals surface area contributed by atoms with Crippen molar-refractivity contribution in [3.8, 4) is 11.5 Å². The fraction of sp³-hybridized carbons (Fsp3) is 0.0952. The molecule has 0 unspecified atom stereocenters. The lowest BCUT2D eigenvalue weighted by Gasteiger charge is -2.10. The monoisotopic (exact) mass is 490 g/mol. The molecule has 0 fully saturated rings. The zero-order chi connectivity index (χ0) is 21.6. The van der Waals surface area contributed by atoms with Crippen molar-refractivity contribution in [2.45, 2.75) is 4.90 Å². The smallest absolute Gasteiger partial charge is 0.262 e. The van der Waals surface area contributed by atoms with E-state index in [1.165, 1.54) is 31.4 Å². The topological polar surface area (TPSA) is 93.7 Å². The van der Waals surface area contributed by atoms with Crippen LogP contribution in [0.1, 0.15) is 0 Å². The average Bonchev–Trinajstić information content (AvgIpc) is 2.74. The Kier molecular flexibility index (Phi) is 6.96. The van der Waals surface area contributed by atoms with E-state index in [0.29, 0.717) is 22.9 Å². The van der Waals surface area contributed by atoms with Gasteiger partial charge < -0.3 is 14.8 Å². The van der Waals surface area contributed by atoms with E-state index < -0.39 is 10.0 Å². The van der Waals surface area contributed by atoms with E-state index in [-0.39, 0.29) is 17.4 Å². The molecule has 156 valence electrons. The van der Waals surface area contributed by atoms with Crippen molar-refractivity contribution in [2.75, 3.05) is 23.8 Å². The Hall–Kier alpha value is -3.04.